The van der Waals surface area contributed by atoms with Crippen molar-refractivity contribution in [2.45, 2.75) is 0 Å². The van der Waals surface area contributed by atoms with Crippen molar-refractivity contribution >= 4 is 43.5 Å². The summed E-state index contributed by atoms with van der Waals surface area (Å²) in [4.78, 5) is 0. The first-order valence-corrected chi connectivity index (χ1v) is 6.30. The van der Waals surface area contributed by atoms with Gasteiger partial charge in [-0.15, -0.1) is 0 Å². The van der Waals surface area contributed by atoms with Crippen LogP contribution in [0.4, 0.5) is 11.4 Å². The summed E-state index contributed by atoms with van der Waals surface area (Å²) in [7, 11) is 0. The quantitative estimate of drug-likeness (QED) is 0.648. The Hall–Kier alpha value is -1.00. The average Bonchev–Trinajstić information content (AvgIpc) is 2.31. The molecule has 2 aromatic rings. The molecule has 2 aromatic carbocycles. The molecule has 2 nitrogen and oxygen atoms in total. The number of hydrazine groups is 1. The maximum atomic E-state index is 3.50. The van der Waals surface area contributed by atoms with Crippen molar-refractivity contribution in [1.82, 2.24) is 0 Å². The van der Waals surface area contributed by atoms with Crippen molar-refractivity contribution in [2.75, 3.05) is 9.46 Å². The number of rotatable bonds is 3. The topological polar surface area (TPSA) is 15.3 Å². The molecule has 4 heteroatoms. The molecule has 0 unspecified atom stereocenters. The highest BCUT2D eigenvalue weighted by atomic mass is 79.9. The Morgan fingerprint density at radius 3 is 2.19 bits per heavy atom. The Morgan fingerprint density at radius 2 is 1.50 bits per heavy atom. The summed E-state index contributed by atoms with van der Waals surface area (Å²) < 4.78 is 2.82. The van der Waals surface area contributed by atoms with Crippen LogP contribution in [-0.4, -0.2) is 0 Å². The first-order valence-electron chi connectivity index (χ1n) is 4.79. The van der Waals surface area contributed by atoms with Crippen LogP contribution in [0.5, 0.6) is 0 Å². The number of para-hydroxylation sites is 2. The van der Waals surface area contributed by atoms with Gasteiger partial charge in [-0.2, -0.15) is 0 Å². The zero-order valence-electron chi connectivity index (χ0n) is 8.40. The highest BCUT2D eigenvalue weighted by Gasteiger charge is 2.05. The van der Waals surface area contributed by atoms with Crippen LogP contribution >= 0.6 is 32.1 Å². The number of nitrogens with one attached hydrogen (secondary N) is 1. The minimum absolute atomic E-state index is 1.02. The second-order valence-corrected chi connectivity index (χ2v) is 4.77. The molecule has 0 aromatic heterocycles. The highest BCUT2D eigenvalue weighted by Crippen LogP contribution is 2.28. The Labute approximate surface area is 112 Å². The minimum Gasteiger partial charge on any atom is -0.288 e. The van der Waals surface area contributed by atoms with Gasteiger partial charge in [0.1, 0.15) is 0 Å². The lowest BCUT2D eigenvalue weighted by Gasteiger charge is -2.19. The van der Waals surface area contributed by atoms with Crippen LogP contribution in [0.15, 0.2) is 59.1 Å². The molecule has 0 saturated carbocycles. The third-order valence-corrected chi connectivity index (χ3v) is 3.29. The van der Waals surface area contributed by atoms with E-state index in [2.05, 4.69) is 37.5 Å². The van der Waals surface area contributed by atoms with Gasteiger partial charge in [-0.1, -0.05) is 30.3 Å². The number of hydrogen-bond donors (Lipinski definition) is 1. The van der Waals surface area contributed by atoms with Crippen molar-refractivity contribution < 1.29 is 0 Å². The van der Waals surface area contributed by atoms with Gasteiger partial charge in [0.2, 0.25) is 0 Å². The van der Waals surface area contributed by atoms with Gasteiger partial charge in [-0.05, 0) is 40.2 Å². The van der Waals surface area contributed by atoms with Gasteiger partial charge in [-0.3, -0.25) is 5.43 Å². The molecule has 0 spiro atoms. The Balaban J connectivity index is 2.15. The predicted octanol–water partition coefficient (Wildman–Crippen LogP) is 4.59. The van der Waals surface area contributed by atoms with E-state index in [9.17, 15) is 0 Å². The number of hydrogen-bond acceptors (Lipinski definition) is 2. The maximum absolute atomic E-state index is 3.50. The fourth-order valence-electron chi connectivity index (χ4n) is 1.30. The Bertz CT molecular complexity index is 460. The van der Waals surface area contributed by atoms with Crippen LogP contribution in [0.25, 0.3) is 0 Å². The Kier molecular flexibility index (Phi) is 3.85. The summed E-state index contributed by atoms with van der Waals surface area (Å²) >= 11 is 6.96. The van der Waals surface area contributed by atoms with E-state index in [-0.39, 0.29) is 0 Å². The fraction of sp³-hybridized carbons (Fsp3) is 0. The molecule has 0 amide bonds. The molecular weight excluding hydrogens is 332 g/mol. The summed E-state index contributed by atoms with van der Waals surface area (Å²) in [6.45, 7) is 0. The second kappa shape index (κ2) is 5.37. The molecule has 0 aliphatic heterocycles. The lowest BCUT2D eigenvalue weighted by molar-refractivity contribution is 1.30. The third kappa shape index (κ3) is 2.77. The summed E-state index contributed by atoms with van der Waals surface area (Å²) in [5.41, 5.74) is 5.26. The molecule has 0 radical (unpaired) electrons. The zero-order valence-corrected chi connectivity index (χ0v) is 11.6. The van der Waals surface area contributed by atoms with Gasteiger partial charge in [-0.25, -0.2) is 4.03 Å². The smallest absolute Gasteiger partial charge is 0.0844 e. The summed E-state index contributed by atoms with van der Waals surface area (Å²) in [6, 6.07) is 18.0. The molecule has 0 aliphatic carbocycles. The van der Waals surface area contributed by atoms with Crippen LogP contribution in [-0.2, 0) is 0 Å². The summed E-state index contributed by atoms with van der Waals surface area (Å²) in [6.07, 6.45) is 0. The van der Waals surface area contributed by atoms with Crippen LogP contribution in [0, 0.1) is 0 Å². The van der Waals surface area contributed by atoms with E-state index in [4.69, 9.17) is 0 Å². The molecule has 0 atom stereocenters. The lowest BCUT2D eigenvalue weighted by Crippen LogP contribution is -2.18. The third-order valence-electron chi connectivity index (χ3n) is 2.07. The summed E-state index contributed by atoms with van der Waals surface area (Å²) in [5.74, 6) is 0. The van der Waals surface area contributed by atoms with Gasteiger partial charge in [0.05, 0.1) is 27.5 Å². The van der Waals surface area contributed by atoms with Crippen LogP contribution in [0.2, 0.25) is 0 Å². The lowest BCUT2D eigenvalue weighted by atomic mass is 10.3. The van der Waals surface area contributed by atoms with Gasteiger partial charge in [0.15, 0.2) is 0 Å². The maximum Gasteiger partial charge on any atom is 0.0844 e. The first kappa shape index (κ1) is 11.5. The fourth-order valence-corrected chi connectivity index (χ4v) is 2.51. The standard InChI is InChI=1S/C12H10Br2N2/c13-11-8-4-5-9-12(11)16(14)15-10-6-2-1-3-7-10/h1-9,15H. The first-order chi connectivity index (χ1) is 7.77. The zero-order chi connectivity index (χ0) is 11.4. The average molecular weight is 342 g/mol. The van der Waals surface area contributed by atoms with Crippen molar-refractivity contribution in [3.63, 3.8) is 0 Å². The van der Waals surface area contributed by atoms with E-state index in [0.29, 0.717) is 0 Å². The van der Waals surface area contributed by atoms with E-state index in [1.165, 1.54) is 0 Å². The number of halogens is 2. The van der Waals surface area contributed by atoms with E-state index >= 15 is 0 Å². The van der Waals surface area contributed by atoms with Crippen molar-refractivity contribution in [2.24, 2.45) is 0 Å². The molecule has 0 fully saturated rings. The number of benzene rings is 2. The van der Waals surface area contributed by atoms with Crippen molar-refractivity contribution in [3.05, 3.63) is 59.1 Å². The molecule has 0 saturated heterocycles. The number of anilines is 2. The molecule has 0 aliphatic rings. The predicted molar refractivity (Wildman–Crippen MR) is 75.6 cm³/mol. The van der Waals surface area contributed by atoms with Crippen LogP contribution in [0.1, 0.15) is 0 Å². The van der Waals surface area contributed by atoms with Gasteiger partial charge < -0.3 is 0 Å². The SMILES string of the molecule is Brc1ccccc1N(Br)Nc1ccccc1. The monoisotopic (exact) mass is 340 g/mol. The van der Waals surface area contributed by atoms with E-state index in [0.717, 1.165) is 15.8 Å². The van der Waals surface area contributed by atoms with Crippen LogP contribution in [0.3, 0.4) is 0 Å². The molecule has 0 bridgehead atoms. The molecule has 1 N–H and O–H groups in total. The van der Waals surface area contributed by atoms with Gasteiger partial charge in [0.25, 0.3) is 0 Å². The largest absolute Gasteiger partial charge is 0.288 e. The minimum atomic E-state index is 1.02. The molecular formula is C12H10Br2N2. The molecule has 82 valence electrons. The van der Waals surface area contributed by atoms with E-state index in [1.54, 1.807) is 4.03 Å². The Morgan fingerprint density at radius 1 is 0.875 bits per heavy atom. The van der Waals surface area contributed by atoms with Gasteiger partial charge in [0, 0.05) is 4.47 Å². The molecule has 0 heterocycles. The normalized spacial score (nSPS) is 9.88. The van der Waals surface area contributed by atoms with Gasteiger partial charge >= 0.3 is 0 Å². The van der Waals surface area contributed by atoms with Crippen LogP contribution < -0.4 is 9.46 Å². The molecule has 16 heavy (non-hydrogen) atoms. The highest BCUT2D eigenvalue weighted by molar-refractivity contribution is 9.11. The summed E-state index contributed by atoms with van der Waals surface area (Å²) in [5, 5.41) is 0. The second-order valence-electron chi connectivity index (χ2n) is 3.21. The van der Waals surface area contributed by atoms with E-state index in [1.807, 2.05) is 54.6 Å². The van der Waals surface area contributed by atoms with Crippen molar-refractivity contribution in [3.8, 4) is 0 Å². The molecule has 2 rings (SSSR count). The number of nitrogens with zero attached hydrogens (tertiary/aromatic N) is 1. The van der Waals surface area contributed by atoms with E-state index < -0.39 is 0 Å². The van der Waals surface area contributed by atoms with Crippen molar-refractivity contribution in [1.29, 1.82) is 0 Å².